The molecule has 0 unspecified atom stereocenters. The van der Waals surface area contributed by atoms with Crippen LogP contribution in [0.5, 0.6) is 0 Å². The van der Waals surface area contributed by atoms with Crippen molar-refractivity contribution >= 4 is 16.8 Å². The molecule has 0 atom stereocenters. The quantitative estimate of drug-likeness (QED) is 0.700. The predicted octanol–water partition coefficient (Wildman–Crippen LogP) is 0.0367. The van der Waals surface area contributed by atoms with E-state index < -0.39 is 0 Å². The fourth-order valence-corrected chi connectivity index (χ4v) is 1.96. The van der Waals surface area contributed by atoms with Crippen molar-refractivity contribution in [3.8, 4) is 0 Å². The zero-order valence-corrected chi connectivity index (χ0v) is 11.8. The van der Waals surface area contributed by atoms with Crippen LogP contribution in [0.15, 0.2) is 29.1 Å². The molecule has 1 aromatic heterocycles. The van der Waals surface area contributed by atoms with Crippen molar-refractivity contribution in [3.05, 3.63) is 34.6 Å². The fourth-order valence-electron chi connectivity index (χ4n) is 1.96. The van der Waals surface area contributed by atoms with Crippen molar-refractivity contribution in [1.29, 1.82) is 0 Å². The van der Waals surface area contributed by atoms with Crippen LogP contribution in [0.25, 0.3) is 10.9 Å². The molecule has 21 heavy (non-hydrogen) atoms. The van der Waals surface area contributed by atoms with Crippen LogP contribution in [0.1, 0.15) is 19.3 Å². The molecule has 7 nitrogen and oxygen atoms in total. The van der Waals surface area contributed by atoms with E-state index in [-0.39, 0.29) is 24.4 Å². The molecule has 0 bridgehead atoms. The Balaban J connectivity index is 1.93. The van der Waals surface area contributed by atoms with Gasteiger partial charge in [-0.2, -0.15) is 0 Å². The van der Waals surface area contributed by atoms with Gasteiger partial charge in [0.15, 0.2) is 0 Å². The molecule has 1 heterocycles. The summed E-state index contributed by atoms with van der Waals surface area (Å²) < 4.78 is 1.22. The molecule has 0 aliphatic rings. The summed E-state index contributed by atoms with van der Waals surface area (Å²) in [5.74, 6) is -0.103. The SMILES string of the molecule is NCCCCNC(=O)CCn1nnc2ccccc2c1=O. The van der Waals surface area contributed by atoms with Crippen molar-refractivity contribution < 1.29 is 4.79 Å². The third-order valence-electron chi connectivity index (χ3n) is 3.13. The van der Waals surface area contributed by atoms with E-state index in [0.717, 1.165) is 12.8 Å². The van der Waals surface area contributed by atoms with Crippen molar-refractivity contribution in [1.82, 2.24) is 20.3 Å². The fraction of sp³-hybridized carbons (Fsp3) is 0.429. The first-order valence-electron chi connectivity index (χ1n) is 7.01. The van der Waals surface area contributed by atoms with E-state index >= 15 is 0 Å². The molecule has 1 amide bonds. The number of hydrogen-bond acceptors (Lipinski definition) is 5. The smallest absolute Gasteiger partial charge is 0.277 e. The lowest BCUT2D eigenvalue weighted by molar-refractivity contribution is -0.121. The van der Waals surface area contributed by atoms with Gasteiger partial charge < -0.3 is 11.1 Å². The summed E-state index contributed by atoms with van der Waals surface area (Å²) in [4.78, 5) is 23.8. The summed E-state index contributed by atoms with van der Waals surface area (Å²) in [6.07, 6.45) is 1.95. The summed E-state index contributed by atoms with van der Waals surface area (Å²) in [7, 11) is 0. The highest BCUT2D eigenvalue weighted by atomic mass is 16.2. The Morgan fingerprint density at radius 3 is 2.90 bits per heavy atom. The molecule has 0 aliphatic carbocycles. The maximum Gasteiger partial charge on any atom is 0.277 e. The molecule has 112 valence electrons. The van der Waals surface area contributed by atoms with Gasteiger partial charge in [-0.25, -0.2) is 4.68 Å². The first kappa shape index (κ1) is 15.1. The third kappa shape index (κ3) is 4.09. The average molecular weight is 289 g/mol. The number of nitrogens with zero attached hydrogens (tertiary/aromatic N) is 3. The lowest BCUT2D eigenvalue weighted by atomic mass is 10.2. The molecule has 2 rings (SSSR count). The molecule has 0 spiro atoms. The molecule has 0 radical (unpaired) electrons. The number of rotatable bonds is 7. The summed E-state index contributed by atoms with van der Waals surface area (Å²) in [5, 5.41) is 11.1. The van der Waals surface area contributed by atoms with Gasteiger partial charge in [0.05, 0.1) is 11.9 Å². The summed E-state index contributed by atoms with van der Waals surface area (Å²) in [6.45, 7) is 1.45. The van der Waals surface area contributed by atoms with Gasteiger partial charge in [0.2, 0.25) is 5.91 Å². The summed E-state index contributed by atoms with van der Waals surface area (Å²) in [5.41, 5.74) is 5.71. The van der Waals surface area contributed by atoms with Crippen molar-refractivity contribution in [3.63, 3.8) is 0 Å². The van der Waals surface area contributed by atoms with Crippen LogP contribution in [-0.4, -0.2) is 34.0 Å². The lowest BCUT2D eigenvalue weighted by Crippen LogP contribution is -2.30. The number of aryl methyl sites for hydroxylation is 1. The third-order valence-corrected chi connectivity index (χ3v) is 3.13. The van der Waals surface area contributed by atoms with Crippen LogP contribution >= 0.6 is 0 Å². The molecule has 7 heteroatoms. The van der Waals surface area contributed by atoms with E-state index in [0.29, 0.717) is 24.0 Å². The van der Waals surface area contributed by atoms with Gasteiger partial charge in [0.1, 0.15) is 5.52 Å². The minimum Gasteiger partial charge on any atom is -0.356 e. The molecule has 0 fully saturated rings. The number of amides is 1. The van der Waals surface area contributed by atoms with Gasteiger partial charge in [-0.15, -0.1) is 5.10 Å². The molecule has 3 N–H and O–H groups in total. The van der Waals surface area contributed by atoms with Crippen molar-refractivity contribution in [2.75, 3.05) is 13.1 Å². The Morgan fingerprint density at radius 2 is 2.10 bits per heavy atom. The highest BCUT2D eigenvalue weighted by molar-refractivity contribution is 5.77. The Labute approximate surface area is 122 Å². The monoisotopic (exact) mass is 289 g/mol. The number of unbranched alkanes of at least 4 members (excludes halogenated alkanes) is 1. The molecule has 2 aromatic rings. The highest BCUT2D eigenvalue weighted by Gasteiger charge is 2.07. The number of carbonyl (C=O) groups is 1. The van der Waals surface area contributed by atoms with Gasteiger partial charge in [-0.3, -0.25) is 9.59 Å². The van der Waals surface area contributed by atoms with Crippen LogP contribution in [0.4, 0.5) is 0 Å². The number of benzene rings is 1. The van der Waals surface area contributed by atoms with E-state index in [1.807, 2.05) is 0 Å². The molecule has 0 saturated heterocycles. The molecular weight excluding hydrogens is 270 g/mol. The maximum absolute atomic E-state index is 12.2. The van der Waals surface area contributed by atoms with Crippen LogP contribution < -0.4 is 16.6 Å². The standard InChI is InChI=1S/C14H19N5O2/c15-8-3-4-9-16-13(20)7-10-19-14(21)11-5-1-2-6-12(11)17-18-19/h1-2,5-6H,3-4,7-10,15H2,(H,16,20). The van der Waals surface area contributed by atoms with E-state index in [1.54, 1.807) is 24.3 Å². The zero-order valence-electron chi connectivity index (χ0n) is 11.8. The van der Waals surface area contributed by atoms with E-state index in [2.05, 4.69) is 15.6 Å². The number of carbonyl (C=O) groups excluding carboxylic acids is 1. The maximum atomic E-state index is 12.2. The first-order chi connectivity index (χ1) is 10.2. The Kier molecular flexibility index (Phi) is 5.39. The van der Waals surface area contributed by atoms with Crippen LogP contribution in [0.3, 0.4) is 0 Å². The Hall–Kier alpha value is -2.28. The number of nitrogens with one attached hydrogen (secondary N) is 1. The van der Waals surface area contributed by atoms with E-state index in [1.165, 1.54) is 4.68 Å². The van der Waals surface area contributed by atoms with Gasteiger partial charge in [0, 0.05) is 13.0 Å². The first-order valence-corrected chi connectivity index (χ1v) is 7.01. The summed E-state index contributed by atoms with van der Waals surface area (Å²) >= 11 is 0. The van der Waals surface area contributed by atoms with Crippen LogP contribution in [0, 0.1) is 0 Å². The summed E-state index contributed by atoms with van der Waals surface area (Å²) in [6, 6.07) is 7.02. The van der Waals surface area contributed by atoms with Crippen molar-refractivity contribution in [2.24, 2.45) is 5.73 Å². The second-order valence-electron chi connectivity index (χ2n) is 4.73. The average Bonchev–Trinajstić information content (AvgIpc) is 2.51. The molecular formula is C14H19N5O2. The largest absolute Gasteiger partial charge is 0.356 e. The molecule has 0 saturated carbocycles. The highest BCUT2D eigenvalue weighted by Crippen LogP contribution is 2.03. The van der Waals surface area contributed by atoms with Crippen LogP contribution in [0.2, 0.25) is 0 Å². The number of hydrogen-bond donors (Lipinski definition) is 2. The van der Waals surface area contributed by atoms with Gasteiger partial charge >= 0.3 is 0 Å². The minimum absolute atomic E-state index is 0.103. The van der Waals surface area contributed by atoms with E-state index in [4.69, 9.17) is 5.73 Å². The second-order valence-corrected chi connectivity index (χ2v) is 4.73. The lowest BCUT2D eigenvalue weighted by Gasteiger charge is -2.06. The number of fused-ring (bicyclic) bond motifs is 1. The normalized spacial score (nSPS) is 10.7. The zero-order chi connectivity index (χ0) is 15.1. The number of aromatic nitrogens is 3. The van der Waals surface area contributed by atoms with Gasteiger partial charge in [-0.05, 0) is 31.5 Å². The molecule has 0 aliphatic heterocycles. The van der Waals surface area contributed by atoms with Gasteiger partial charge in [0.25, 0.3) is 5.56 Å². The van der Waals surface area contributed by atoms with E-state index in [9.17, 15) is 9.59 Å². The topological polar surface area (TPSA) is 103 Å². The van der Waals surface area contributed by atoms with Gasteiger partial charge in [-0.1, -0.05) is 17.3 Å². The minimum atomic E-state index is -0.225. The Morgan fingerprint density at radius 1 is 1.29 bits per heavy atom. The Bertz CT molecular complexity index is 668. The van der Waals surface area contributed by atoms with Crippen molar-refractivity contribution in [2.45, 2.75) is 25.8 Å². The predicted molar refractivity (Wildman–Crippen MR) is 79.7 cm³/mol. The van der Waals surface area contributed by atoms with Crippen LogP contribution in [-0.2, 0) is 11.3 Å². The second kappa shape index (κ2) is 7.49. The number of nitrogens with two attached hydrogens (primary N) is 1. The molecule has 1 aromatic carbocycles.